The molecule has 0 bridgehead atoms. The fraction of sp³-hybridized carbons (Fsp3) is 0.688. The Bertz CT molecular complexity index is 824. The molecule has 1 aliphatic carbocycles. The van der Waals surface area contributed by atoms with Gasteiger partial charge in [-0.25, -0.2) is 0 Å². The van der Waals surface area contributed by atoms with E-state index in [4.69, 9.17) is 21.6 Å². The minimum atomic E-state index is -0.105. The van der Waals surface area contributed by atoms with Crippen LogP contribution in [-0.2, 0) is 4.74 Å². The monoisotopic (exact) mass is 579 g/mol. The highest BCUT2D eigenvalue weighted by molar-refractivity contribution is 6.30. The smallest absolute Gasteiger partial charge is 0.0967 e. The van der Waals surface area contributed by atoms with Crippen LogP contribution in [0.2, 0.25) is 0 Å². The first-order valence-corrected chi connectivity index (χ1v) is 15.0. The Hall–Kier alpha value is -1.95. The summed E-state index contributed by atoms with van der Waals surface area (Å²) in [6, 6.07) is 2.60. The average molecular weight is 580 g/mol. The molecule has 0 aromatic carbocycles. The Labute approximate surface area is 251 Å². The number of nitrogens with zero attached hydrogens (tertiary/aromatic N) is 3. The quantitative estimate of drug-likeness (QED) is 0.220. The first-order chi connectivity index (χ1) is 19.2. The van der Waals surface area contributed by atoms with Crippen LogP contribution in [-0.4, -0.2) is 82.8 Å². The lowest BCUT2D eigenvalue weighted by atomic mass is 9.79. The van der Waals surface area contributed by atoms with Gasteiger partial charge in [-0.1, -0.05) is 56.7 Å². The lowest BCUT2D eigenvalue weighted by Crippen LogP contribution is -2.32. The minimum Gasteiger partial charge on any atom is -0.512 e. The number of allylic oxidation sites excluding steroid dienone is 5. The van der Waals surface area contributed by atoms with E-state index in [1.54, 1.807) is 13.1 Å². The van der Waals surface area contributed by atoms with Gasteiger partial charge in [0.2, 0.25) is 0 Å². The molecule has 0 aromatic heterocycles. The molecule has 4 atom stereocenters. The van der Waals surface area contributed by atoms with E-state index in [2.05, 4.69) is 66.4 Å². The zero-order chi connectivity index (χ0) is 30.9. The van der Waals surface area contributed by atoms with Gasteiger partial charge in [-0.3, -0.25) is 0 Å². The van der Waals surface area contributed by atoms with Gasteiger partial charge in [-0.15, -0.1) is 0 Å². The molecule has 40 heavy (non-hydrogen) atoms. The number of aliphatic hydroxyl groups excluding tert-OH is 1. The molecule has 0 saturated carbocycles. The largest absolute Gasteiger partial charge is 0.512 e. The summed E-state index contributed by atoms with van der Waals surface area (Å²) < 4.78 is 6.11. The van der Waals surface area contributed by atoms with Gasteiger partial charge in [0.1, 0.15) is 0 Å². The highest BCUT2D eigenvalue weighted by Gasteiger charge is 2.33. The topological polar surface area (TPSA) is 92.9 Å². The number of ether oxygens (including phenoxy) is 1. The molecule has 1 fully saturated rings. The summed E-state index contributed by atoms with van der Waals surface area (Å²) >= 11 is 6.47. The normalized spacial score (nSPS) is 23.9. The van der Waals surface area contributed by atoms with Gasteiger partial charge in [-0.2, -0.15) is 5.26 Å². The maximum Gasteiger partial charge on any atom is 0.0967 e. The summed E-state index contributed by atoms with van der Waals surface area (Å²) in [6.45, 7) is 19.5. The molecule has 0 aromatic rings. The maximum atomic E-state index is 10.5. The van der Waals surface area contributed by atoms with Crippen LogP contribution in [0, 0.1) is 23.2 Å². The molecule has 0 radical (unpaired) electrons. The third kappa shape index (κ3) is 16.3. The van der Waals surface area contributed by atoms with Crippen molar-refractivity contribution in [3.05, 3.63) is 46.2 Å². The van der Waals surface area contributed by atoms with Crippen LogP contribution in [0.4, 0.5) is 0 Å². The lowest BCUT2D eigenvalue weighted by molar-refractivity contribution is 0.0591. The van der Waals surface area contributed by atoms with E-state index in [1.807, 2.05) is 33.9 Å². The van der Waals surface area contributed by atoms with E-state index in [-0.39, 0.29) is 12.0 Å². The third-order valence-corrected chi connectivity index (χ3v) is 7.27. The molecule has 3 N–H and O–H groups in total. The molecule has 2 aliphatic heterocycles. The van der Waals surface area contributed by atoms with Crippen molar-refractivity contribution in [2.45, 2.75) is 79.4 Å². The number of likely N-dealkylation sites (N-methyl/N-ethyl adjacent to an activating group) is 1. The Balaban J connectivity index is 0. The van der Waals surface area contributed by atoms with Crippen molar-refractivity contribution < 1.29 is 9.84 Å². The summed E-state index contributed by atoms with van der Waals surface area (Å²) in [4.78, 5) is 5.65. The second kappa shape index (κ2) is 26.0. The van der Waals surface area contributed by atoms with Gasteiger partial charge in [0.15, 0.2) is 0 Å². The summed E-state index contributed by atoms with van der Waals surface area (Å²) in [5.41, 5.74) is 2.16. The van der Waals surface area contributed by atoms with E-state index >= 15 is 0 Å². The third-order valence-electron chi connectivity index (χ3n) is 6.82. The van der Waals surface area contributed by atoms with Crippen molar-refractivity contribution in [3.8, 4) is 6.07 Å². The number of hydrogen-bond acceptors (Lipinski definition) is 7. The summed E-state index contributed by atoms with van der Waals surface area (Å²) in [6.07, 6.45) is 12.3. The zero-order valence-corrected chi connectivity index (χ0v) is 27.5. The highest BCUT2D eigenvalue weighted by atomic mass is 35.5. The first kappa shape index (κ1) is 40.2. The maximum absolute atomic E-state index is 10.5. The first-order valence-electron chi connectivity index (χ1n) is 14.6. The molecule has 0 spiro atoms. The van der Waals surface area contributed by atoms with Gasteiger partial charge in [0, 0.05) is 50.5 Å². The molecule has 0 amide bonds. The number of hydrogen-bond donors (Lipinski definition) is 3. The van der Waals surface area contributed by atoms with Crippen LogP contribution >= 0.6 is 11.6 Å². The second-order valence-corrected chi connectivity index (χ2v) is 10.2. The van der Waals surface area contributed by atoms with Crippen LogP contribution in [0.1, 0.15) is 67.2 Å². The summed E-state index contributed by atoms with van der Waals surface area (Å²) in [5, 5.41) is 25.1. The Kier molecular flexibility index (Phi) is 26.1. The van der Waals surface area contributed by atoms with Crippen LogP contribution in [0.15, 0.2) is 51.2 Å². The molecule has 3 unspecified atom stereocenters. The van der Waals surface area contributed by atoms with E-state index in [0.29, 0.717) is 24.7 Å². The van der Waals surface area contributed by atoms with Crippen molar-refractivity contribution in [3.63, 3.8) is 0 Å². The molecule has 7 nitrogen and oxygen atoms in total. The van der Waals surface area contributed by atoms with E-state index in [1.165, 1.54) is 26.3 Å². The second-order valence-electron chi connectivity index (χ2n) is 9.73. The van der Waals surface area contributed by atoms with Crippen molar-refractivity contribution in [1.82, 2.24) is 15.5 Å². The SMILES string of the molecule is C/C=C(/Cl)C1C(C2CC(O)=C(CCNCCNC)CO2)=CC=CC1C.C=NC.CC.CC#N.C[C@@H]1CCCN1C. The van der Waals surface area contributed by atoms with Crippen molar-refractivity contribution >= 4 is 18.3 Å². The van der Waals surface area contributed by atoms with E-state index in [0.717, 1.165) is 48.3 Å². The van der Waals surface area contributed by atoms with Crippen molar-refractivity contribution in [1.29, 1.82) is 5.26 Å². The molecular formula is C32H58ClN5O2. The summed E-state index contributed by atoms with van der Waals surface area (Å²) in [5.74, 6) is 0.945. The molecule has 230 valence electrons. The fourth-order valence-corrected chi connectivity index (χ4v) is 4.83. The van der Waals surface area contributed by atoms with Crippen molar-refractivity contribution in [2.75, 3.05) is 53.9 Å². The number of aliphatic hydroxyl groups is 1. The number of aliphatic imine (C=N–C) groups is 1. The Morgan fingerprint density at radius 3 is 2.40 bits per heavy atom. The number of nitriles is 1. The zero-order valence-electron chi connectivity index (χ0n) is 26.8. The Morgan fingerprint density at radius 1 is 1.32 bits per heavy atom. The van der Waals surface area contributed by atoms with Crippen LogP contribution < -0.4 is 10.6 Å². The van der Waals surface area contributed by atoms with Gasteiger partial charge >= 0.3 is 0 Å². The molecule has 1 saturated heterocycles. The molecule has 8 heteroatoms. The standard InChI is InChI=1S/C20H31ClN2O2.C6H13N.C2H5N.C2H3N.C2H6/c1-4-17(21)20-14(2)6-5-7-16(20)19-12-18(24)15(13-25-19)8-9-23-11-10-22-3;1-6-4-3-5-7(6)2;1-3-2;1-2-3;1-2/h4-7,14,19-20,22-24H,8-13H2,1-3H3;6H,3-5H2,1-2H3;1H2,2H3;1H3;1-2H3/b17-4+;;;;/t;6-;;;/m.1.../s1. The number of halogens is 1. The van der Waals surface area contributed by atoms with Gasteiger partial charge < -0.3 is 30.4 Å². The predicted octanol–water partition coefficient (Wildman–Crippen LogP) is 6.65. The lowest BCUT2D eigenvalue weighted by Gasteiger charge is -2.34. The number of rotatable bonds is 8. The van der Waals surface area contributed by atoms with Gasteiger partial charge in [0.25, 0.3) is 0 Å². The fourth-order valence-electron chi connectivity index (χ4n) is 4.51. The highest BCUT2D eigenvalue weighted by Crippen LogP contribution is 2.39. The van der Waals surface area contributed by atoms with Crippen LogP contribution in [0.3, 0.4) is 0 Å². The average Bonchev–Trinajstić information content (AvgIpc) is 3.33. The molecular weight excluding hydrogens is 522 g/mol. The van der Waals surface area contributed by atoms with Crippen LogP contribution in [0.25, 0.3) is 0 Å². The van der Waals surface area contributed by atoms with E-state index in [9.17, 15) is 5.11 Å². The number of likely N-dealkylation sites (tertiary alicyclic amines) is 1. The van der Waals surface area contributed by atoms with Crippen LogP contribution in [0.5, 0.6) is 0 Å². The summed E-state index contributed by atoms with van der Waals surface area (Å²) in [7, 11) is 5.77. The van der Waals surface area contributed by atoms with Gasteiger partial charge in [-0.05, 0) is 84.1 Å². The minimum absolute atomic E-state index is 0.105. The molecule has 2 heterocycles. The number of nitrogens with one attached hydrogen (secondary N) is 2. The molecule has 3 aliphatic rings. The van der Waals surface area contributed by atoms with E-state index < -0.39 is 0 Å². The Morgan fingerprint density at radius 2 is 1.95 bits per heavy atom. The predicted molar refractivity (Wildman–Crippen MR) is 174 cm³/mol. The molecule has 3 rings (SSSR count). The van der Waals surface area contributed by atoms with Gasteiger partial charge in [0.05, 0.1) is 24.5 Å². The van der Waals surface area contributed by atoms with Crippen molar-refractivity contribution in [2.24, 2.45) is 16.8 Å².